The summed E-state index contributed by atoms with van der Waals surface area (Å²) in [5.41, 5.74) is 1.20. The highest BCUT2D eigenvalue weighted by Crippen LogP contribution is 2.34. The molecule has 0 N–H and O–H groups in total. The van der Waals surface area contributed by atoms with Gasteiger partial charge in [-0.1, -0.05) is 28.1 Å². The Morgan fingerprint density at radius 1 is 1.22 bits per heavy atom. The maximum absolute atomic E-state index is 10.6. The lowest BCUT2D eigenvalue weighted by atomic mass is 10.1. The molecule has 1 aromatic heterocycles. The van der Waals surface area contributed by atoms with Crippen molar-refractivity contribution in [2.24, 2.45) is 0 Å². The molecule has 1 atom stereocenters. The van der Waals surface area contributed by atoms with E-state index >= 15 is 0 Å². The largest absolute Gasteiger partial charge is 0.269 e. The molecular formula is C12H9Br2NO2S. The van der Waals surface area contributed by atoms with Crippen LogP contribution in [-0.4, -0.2) is 4.92 Å². The van der Waals surface area contributed by atoms with Gasteiger partial charge >= 0.3 is 0 Å². The van der Waals surface area contributed by atoms with Crippen molar-refractivity contribution < 1.29 is 4.92 Å². The van der Waals surface area contributed by atoms with E-state index in [1.54, 1.807) is 35.6 Å². The van der Waals surface area contributed by atoms with Gasteiger partial charge < -0.3 is 0 Å². The molecule has 0 fully saturated rings. The second-order valence-electron chi connectivity index (χ2n) is 3.74. The zero-order valence-electron chi connectivity index (χ0n) is 9.18. The predicted molar refractivity (Wildman–Crippen MR) is 80.5 cm³/mol. The molecule has 1 heterocycles. The van der Waals surface area contributed by atoms with Gasteiger partial charge in [-0.05, 0) is 40.0 Å². The summed E-state index contributed by atoms with van der Waals surface area (Å²) < 4.78 is 1.10. The van der Waals surface area contributed by atoms with Gasteiger partial charge in [0.2, 0.25) is 0 Å². The highest BCUT2D eigenvalue weighted by molar-refractivity contribution is 9.11. The summed E-state index contributed by atoms with van der Waals surface area (Å²) in [6.45, 7) is 0. The summed E-state index contributed by atoms with van der Waals surface area (Å²) in [5, 5.41) is 10.6. The van der Waals surface area contributed by atoms with Crippen LogP contribution in [0.2, 0.25) is 0 Å². The van der Waals surface area contributed by atoms with Crippen molar-refractivity contribution in [2.45, 2.75) is 11.2 Å². The van der Waals surface area contributed by atoms with Gasteiger partial charge in [0, 0.05) is 17.0 Å². The summed E-state index contributed by atoms with van der Waals surface area (Å²) in [6.07, 6.45) is 0.810. The van der Waals surface area contributed by atoms with Crippen LogP contribution in [0.15, 0.2) is 40.2 Å². The van der Waals surface area contributed by atoms with Crippen molar-refractivity contribution in [1.82, 2.24) is 0 Å². The number of rotatable bonds is 4. The third-order valence-corrected chi connectivity index (χ3v) is 5.32. The smallest absolute Gasteiger partial charge is 0.258 e. The standard InChI is InChI=1S/C12H9Br2NO2S/c13-10(11-5-6-12(14)18-11)7-8-1-3-9(4-2-8)15(16)17/h1-6,10H,7H2. The van der Waals surface area contributed by atoms with Crippen LogP contribution in [0.5, 0.6) is 0 Å². The first-order chi connectivity index (χ1) is 8.56. The van der Waals surface area contributed by atoms with E-state index in [9.17, 15) is 10.1 Å². The minimum atomic E-state index is -0.383. The number of thiophene rings is 1. The monoisotopic (exact) mass is 389 g/mol. The van der Waals surface area contributed by atoms with Crippen molar-refractivity contribution >= 4 is 48.9 Å². The molecule has 1 aromatic carbocycles. The maximum atomic E-state index is 10.6. The SMILES string of the molecule is O=[N+]([O-])c1ccc(CC(Br)c2ccc(Br)s2)cc1. The topological polar surface area (TPSA) is 43.1 Å². The fraction of sp³-hybridized carbons (Fsp3) is 0.167. The summed E-state index contributed by atoms with van der Waals surface area (Å²) in [7, 11) is 0. The molecule has 6 heteroatoms. The summed E-state index contributed by atoms with van der Waals surface area (Å²) in [5.74, 6) is 0. The number of non-ortho nitro benzene ring substituents is 1. The van der Waals surface area contributed by atoms with E-state index in [0.29, 0.717) is 0 Å². The van der Waals surface area contributed by atoms with Crippen LogP contribution in [-0.2, 0) is 6.42 Å². The lowest BCUT2D eigenvalue weighted by Gasteiger charge is -2.07. The lowest BCUT2D eigenvalue weighted by Crippen LogP contribution is -1.94. The van der Waals surface area contributed by atoms with E-state index in [1.807, 2.05) is 6.07 Å². The average molecular weight is 391 g/mol. The Morgan fingerprint density at radius 2 is 1.89 bits per heavy atom. The molecule has 0 saturated carbocycles. The van der Waals surface area contributed by atoms with Crippen LogP contribution in [0.25, 0.3) is 0 Å². The maximum Gasteiger partial charge on any atom is 0.269 e. The van der Waals surface area contributed by atoms with Crippen LogP contribution >= 0.6 is 43.2 Å². The number of hydrogen-bond donors (Lipinski definition) is 0. The molecule has 2 aromatic rings. The van der Waals surface area contributed by atoms with Crippen LogP contribution < -0.4 is 0 Å². The molecule has 18 heavy (non-hydrogen) atoms. The lowest BCUT2D eigenvalue weighted by molar-refractivity contribution is -0.384. The number of nitrogens with zero attached hydrogens (tertiary/aromatic N) is 1. The van der Waals surface area contributed by atoms with Gasteiger partial charge in [0.15, 0.2) is 0 Å². The number of hydrogen-bond acceptors (Lipinski definition) is 3. The number of nitro benzene ring substituents is 1. The van der Waals surface area contributed by atoms with E-state index in [2.05, 4.69) is 37.9 Å². The molecule has 0 aliphatic carbocycles. The molecule has 0 bridgehead atoms. The second-order valence-corrected chi connectivity index (χ2v) is 7.34. The zero-order chi connectivity index (χ0) is 13.1. The Hall–Kier alpha value is -0.720. The van der Waals surface area contributed by atoms with Gasteiger partial charge in [-0.2, -0.15) is 0 Å². The van der Waals surface area contributed by atoms with Gasteiger partial charge in [0.1, 0.15) is 0 Å². The fourth-order valence-electron chi connectivity index (χ4n) is 1.56. The van der Waals surface area contributed by atoms with E-state index in [0.717, 1.165) is 15.8 Å². The average Bonchev–Trinajstić information content (AvgIpc) is 2.76. The first-order valence-corrected chi connectivity index (χ1v) is 7.71. The molecular weight excluding hydrogens is 382 g/mol. The predicted octanol–water partition coefficient (Wildman–Crippen LogP) is 5.10. The highest BCUT2D eigenvalue weighted by atomic mass is 79.9. The fourth-order valence-corrected chi connectivity index (χ4v) is 3.77. The van der Waals surface area contributed by atoms with Gasteiger partial charge in [0.25, 0.3) is 5.69 Å². The molecule has 2 rings (SSSR count). The number of halogens is 2. The number of benzene rings is 1. The third kappa shape index (κ3) is 3.40. The second kappa shape index (κ2) is 5.95. The van der Waals surface area contributed by atoms with Crippen LogP contribution in [0.1, 0.15) is 15.3 Å². The molecule has 3 nitrogen and oxygen atoms in total. The molecule has 0 amide bonds. The van der Waals surface area contributed by atoms with Crippen molar-refractivity contribution in [3.05, 3.63) is 60.7 Å². The molecule has 0 saturated heterocycles. The highest BCUT2D eigenvalue weighted by Gasteiger charge is 2.12. The normalized spacial score (nSPS) is 12.3. The van der Waals surface area contributed by atoms with Gasteiger partial charge in [-0.25, -0.2) is 0 Å². The summed E-state index contributed by atoms with van der Waals surface area (Å²) in [6, 6.07) is 10.8. The Kier molecular flexibility index (Phi) is 4.53. The summed E-state index contributed by atoms with van der Waals surface area (Å²) in [4.78, 5) is 11.6. The Balaban J connectivity index is 2.07. The third-order valence-electron chi connectivity index (χ3n) is 2.46. The number of alkyl halides is 1. The zero-order valence-corrected chi connectivity index (χ0v) is 13.2. The van der Waals surface area contributed by atoms with E-state index < -0.39 is 0 Å². The van der Waals surface area contributed by atoms with Crippen molar-refractivity contribution in [2.75, 3.05) is 0 Å². The van der Waals surface area contributed by atoms with Crippen LogP contribution in [0.4, 0.5) is 5.69 Å². The minimum absolute atomic E-state index is 0.128. The Morgan fingerprint density at radius 3 is 2.39 bits per heavy atom. The van der Waals surface area contributed by atoms with Crippen molar-refractivity contribution in [1.29, 1.82) is 0 Å². The molecule has 0 radical (unpaired) electrons. The first-order valence-electron chi connectivity index (χ1n) is 5.19. The van der Waals surface area contributed by atoms with Crippen molar-refractivity contribution in [3.63, 3.8) is 0 Å². The van der Waals surface area contributed by atoms with E-state index in [1.165, 1.54) is 4.88 Å². The van der Waals surface area contributed by atoms with Gasteiger partial charge in [-0.15, -0.1) is 11.3 Å². The Bertz CT molecular complexity index is 553. The van der Waals surface area contributed by atoms with Gasteiger partial charge in [-0.3, -0.25) is 10.1 Å². The van der Waals surface area contributed by atoms with E-state index in [4.69, 9.17) is 0 Å². The molecule has 0 spiro atoms. The first kappa shape index (κ1) is 13.7. The molecule has 0 aliphatic heterocycles. The number of nitro groups is 1. The quantitative estimate of drug-likeness (QED) is 0.414. The molecule has 1 unspecified atom stereocenters. The van der Waals surface area contributed by atoms with Gasteiger partial charge in [0.05, 0.1) is 13.5 Å². The molecule has 94 valence electrons. The minimum Gasteiger partial charge on any atom is -0.258 e. The molecule has 0 aliphatic rings. The van der Waals surface area contributed by atoms with Crippen LogP contribution in [0, 0.1) is 10.1 Å². The van der Waals surface area contributed by atoms with Crippen LogP contribution in [0.3, 0.4) is 0 Å². The van der Waals surface area contributed by atoms with Crippen molar-refractivity contribution in [3.8, 4) is 0 Å². The Labute approximate surface area is 125 Å². The van der Waals surface area contributed by atoms with E-state index in [-0.39, 0.29) is 15.4 Å². The summed E-state index contributed by atoms with van der Waals surface area (Å²) >= 11 is 8.76.